The molecule has 1 aliphatic carbocycles. The topological polar surface area (TPSA) is 26.0 Å². The van der Waals surface area contributed by atoms with Crippen molar-refractivity contribution in [1.29, 1.82) is 0 Å². The van der Waals surface area contributed by atoms with Crippen LogP contribution in [0, 0.1) is 0 Å². The van der Waals surface area contributed by atoms with Crippen molar-refractivity contribution < 1.29 is 0 Å². The van der Waals surface area contributed by atoms with E-state index in [9.17, 15) is 0 Å². The summed E-state index contributed by atoms with van der Waals surface area (Å²) in [6.07, 6.45) is 8.64. The van der Waals surface area contributed by atoms with Gasteiger partial charge in [0.1, 0.15) is 0 Å². The van der Waals surface area contributed by atoms with Gasteiger partial charge < -0.3 is 5.73 Å². The van der Waals surface area contributed by atoms with Gasteiger partial charge >= 0.3 is 0 Å². The molecular formula is C10H13N. The van der Waals surface area contributed by atoms with Crippen LogP contribution in [0.15, 0.2) is 47.7 Å². The number of rotatable bonds is 1. The second kappa shape index (κ2) is 3.24. The lowest BCUT2D eigenvalue weighted by Crippen LogP contribution is -1.96. The number of nitrogens with two attached hydrogens (primary N) is 1. The van der Waals surface area contributed by atoms with Gasteiger partial charge in [0.25, 0.3) is 0 Å². The lowest BCUT2D eigenvalue weighted by Gasteiger charge is -2.02. The molecule has 0 radical (unpaired) electrons. The van der Waals surface area contributed by atoms with E-state index in [2.05, 4.69) is 19.6 Å². The molecule has 1 heteroatoms. The van der Waals surface area contributed by atoms with Crippen LogP contribution in [0.3, 0.4) is 0 Å². The van der Waals surface area contributed by atoms with Gasteiger partial charge in [-0.2, -0.15) is 0 Å². The molecule has 0 saturated heterocycles. The predicted molar refractivity (Wildman–Crippen MR) is 48.9 cm³/mol. The van der Waals surface area contributed by atoms with E-state index in [1.165, 1.54) is 11.1 Å². The summed E-state index contributed by atoms with van der Waals surface area (Å²) in [4.78, 5) is 0. The van der Waals surface area contributed by atoms with E-state index in [0.29, 0.717) is 0 Å². The van der Waals surface area contributed by atoms with E-state index < -0.39 is 0 Å². The third-order valence-electron chi connectivity index (χ3n) is 1.80. The van der Waals surface area contributed by atoms with E-state index in [1.54, 1.807) is 0 Å². The fraction of sp³-hybridized carbons (Fsp3) is 0.200. The molecule has 1 aliphatic rings. The molecule has 0 aromatic heterocycles. The maximum Gasteiger partial charge on any atom is 0.0125 e. The number of hydrogen-bond donors (Lipinski definition) is 1. The first-order valence-electron chi connectivity index (χ1n) is 3.69. The van der Waals surface area contributed by atoms with E-state index in [-0.39, 0.29) is 0 Å². The minimum Gasteiger partial charge on any atom is -0.402 e. The van der Waals surface area contributed by atoms with Crippen LogP contribution in [0.2, 0.25) is 0 Å². The van der Waals surface area contributed by atoms with Gasteiger partial charge in [0.05, 0.1) is 0 Å². The van der Waals surface area contributed by atoms with Crippen LogP contribution in [-0.2, 0) is 0 Å². The SMILES string of the molecule is C=CC1=C(C)C=CC=C(N)C1. The average Bonchev–Trinajstić information content (AvgIpc) is 2.13. The van der Waals surface area contributed by atoms with Gasteiger partial charge in [0, 0.05) is 12.1 Å². The zero-order valence-corrected chi connectivity index (χ0v) is 6.80. The van der Waals surface area contributed by atoms with Gasteiger partial charge in [0.2, 0.25) is 0 Å². The van der Waals surface area contributed by atoms with Crippen LogP contribution >= 0.6 is 0 Å². The van der Waals surface area contributed by atoms with Gasteiger partial charge in [0.15, 0.2) is 0 Å². The van der Waals surface area contributed by atoms with E-state index in [4.69, 9.17) is 5.73 Å². The minimum absolute atomic E-state index is 0.822. The zero-order valence-electron chi connectivity index (χ0n) is 6.80. The molecule has 0 fully saturated rings. The molecule has 0 aromatic carbocycles. The Hall–Kier alpha value is -1.24. The monoisotopic (exact) mass is 147 g/mol. The third kappa shape index (κ3) is 1.84. The van der Waals surface area contributed by atoms with E-state index >= 15 is 0 Å². The first-order valence-corrected chi connectivity index (χ1v) is 3.69. The van der Waals surface area contributed by atoms with Crippen molar-refractivity contribution in [2.24, 2.45) is 5.73 Å². The van der Waals surface area contributed by atoms with E-state index in [1.807, 2.05) is 18.2 Å². The smallest absolute Gasteiger partial charge is 0.0125 e. The van der Waals surface area contributed by atoms with Crippen LogP contribution in [0.1, 0.15) is 13.3 Å². The summed E-state index contributed by atoms with van der Waals surface area (Å²) < 4.78 is 0. The highest BCUT2D eigenvalue weighted by Crippen LogP contribution is 2.17. The Morgan fingerprint density at radius 1 is 1.64 bits per heavy atom. The van der Waals surface area contributed by atoms with Gasteiger partial charge in [-0.05, 0) is 24.1 Å². The molecule has 0 aromatic rings. The van der Waals surface area contributed by atoms with Crippen LogP contribution in [0.4, 0.5) is 0 Å². The Balaban J connectivity index is 2.98. The average molecular weight is 147 g/mol. The first kappa shape index (κ1) is 7.86. The van der Waals surface area contributed by atoms with Crippen LogP contribution < -0.4 is 5.73 Å². The maximum absolute atomic E-state index is 5.69. The second-order valence-electron chi connectivity index (χ2n) is 2.69. The highest BCUT2D eigenvalue weighted by atomic mass is 14.6. The molecule has 0 atom stereocenters. The van der Waals surface area contributed by atoms with Crippen LogP contribution in [0.25, 0.3) is 0 Å². The van der Waals surface area contributed by atoms with Crippen LogP contribution in [-0.4, -0.2) is 0 Å². The highest BCUT2D eigenvalue weighted by molar-refractivity contribution is 5.38. The third-order valence-corrected chi connectivity index (χ3v) is 1.80. The number of allylic oxidation sites excluding steroid dienone is 6. The molecule has 0 saturated carbocycles. The largest absolute Gasteiger partial charge is 0.402 e. The lowest BCUT2D eigenvalue weighted by atomic mass is 10.1. The number of hydrogen-bond acceptors (Lipinski definition) is 1. The molecule has 0 bridgehead atoms. The van der Waals surface area contributed by atoms with Gasteiger partial charge in [-0.1, -0.05) is 24.8 Å². The Bertz CT molecular complexity index is 254. The Kier molecular flexibility index (Phi) is 2.32. The summed E-state index contributed by atoms with van der Waals surface area (Å²) in [6.45, 7) is 5.81. The summed E-state index contributed by atoms with van der Waals surface area (Å²) in [5, 5.41) is 0. The van der Waals surface area contributed by atoms with Crippen molar-refractivity contribution in [3.63, 3.8) is 0 Å². The Labute approximate surface area is 67.6 Å². The lowest BCUT2D eigenvalue weighted by molar-refractivity contribution is 1.11. The van der Waals surface area contributed by atoms with Crippen molar-refractivity contribution in [3.8, 4) is 0 Å². The second-order valence-corrected chi connectivity index (χ2v) is 2.69. The molecule has 1 rings (SSSR count). The van der Waals surface area contributed by atoms with Gasteiger partial charge in [-0.15, -0.1) is 0 Å². The fourth-order valence-electron chi connectivity index (χ4n) is 1.07. The van der Waals surface area contributed by atoms with Crippen molar-refractivity contribution in [1.82, 2.24) is 0 Å². The molecule has 0 amide bonds. The Morgan fingerprint density at radius 2 is 2.36 bits per heavy atom. The summed E-state index contributed by atoms with van der Waals surface area (Å²) in [5.74, 6) is 0. The first-order chi connectivity index (χ1) is 5.24. The van der Waals surface area contributed by atoms with Crippen molar-refractivity contribution in [2.45, 2.75) is 13.3 Å². The molecule has 2 N–H and O–H groups in total. The molecule has 0 heterocycles. The van der Waals surface area contributed by atoms with Crippen molar-refractivity contribution >= 4 is 0 Å². The fourth-order valence-corrected chi connectivity index (χ4v) is 1.07. The molecule has 0 unspecified atom stereocenters. The molecular weight excluding hydrogens is 134 g/mol. The highest BCUT2D eigenvalue weighted by Gasteiger charge is 2.00. The van der Waals surface area contributed by atoms with Gasteiger partial charge in [-0.3, -0.25) is 0 Å². The quantitative estimate of drug-likeness (QED) is 0.605. The van der Waals surface area contributed by atoms with Crippen molar-refractivity contribution in [3.05, 3.63) is 47.7 Å². The predicted octanol–water partition coefficient (Wildman–Crippen LogP) is 2.29. The molecule has 0 aliphatic heterocycles. The van der Waals surface area contributed by atoms with Gasteiger partial charge in [-0.25, -0.2) is 0 Å². The standard InChI is InChI=1S/C10H13N/c1-3-9-7-10(11)6-4-5-8(9)2/h3-6H,1,7,11H2,2H3. The minimum atomic E-state index is 0.822. The normalized spacial score (nSPS) is 17.7. The van der Waals surface area contributed by atoms with Crippen molar-refractivity contribution in [2.75, 3.05) is 0 Å². The molecule has 11 heavy (non-hydrogen) atoms. The summed E-state index contributed by atoms with van der Waals surface area (Å²) in [5.41, 5.74) is 9.05. The molecule has 0 spiro atoms. The summed E-state index contributed by atoms with van der Waals surface area (Å²) in [6, 6.07) is 0. The van der Waals surface area contributed by atoms with E-state index in [0.717, 1.165) is 12.1 Å². The molecule has 1 nitrogen and oxygen atoms in total. The summed E-state index contributed by atoms with van der Waals surface area (Å²) in [7, 11) is 0. The summed E-state index contributed by atoms with van der Waals surface area (Å²) >= 11 is 0. The maximum atomic E-state index is 5.69. The zero-order chi connectivity index (χ0) is 8.27. The molecule has 58 valence electrons. The Morgan fingerprint density at radius 3 is 3.00 bits per heavy atom. The van der Waals surface area contributed by atoms with Crippen LogP contribution in [0.5, 0.6) is 0 Å².